The number of allylic oxidation sites excluding steroid dienone is 2. The molecule has 3 heteroatoms. The molecule has 19 heavy (non-hydrogen) atoms. The van der Waals surface area contributed by atoms with E-state index in [0.29, 0.717) is 0 Å². The largest absolute Gasteiger partial charge is 0.497 e. The quantitative estimate of drug-likeness (QED) is 0.602. The van der Waals surface area contributed by atoms with Crippen LogP contribution in [0.25, 0.3) is 0 Å². The Balaban J connectivity index is 2.07. The second-order valence-corrected chi connectivity index (χ2v) is 4.76. The van der Waals surface area contributed by atoms with Crippen molar-refractivity contribution in [3.8, 4) is 5.75 Å². The van der Waals surface area contributed by atoms with Gasteiger partial charge in [-0.3, -0.25) is 9.59 Å². The molecule has 1 aliphatic rings. The Morgan fingerprint density at radius 2 is 2.26 bits per heavy atom. The summed E-state index contributed by atoms with van der Waals surface area (Å²) in [5.41, 5.74) is 1.92. The smallest absolute Gasteiger partial charge is 0.166 e. The second-order valence-electron chi connectivity index (χ2n) is 4.76. The summed E-state index contributed by atoms with van der Waals surface area (Å²) in [6, 6.07) is 5.66. The summed E-state index contributed by atoms with van der Waals surface area (Å²) in [4.78, 5) is 22.5. The lowest BCUT2D eigenvalue weighted by Crippen LogP contribution is -2.22. The third-order valence-electron chi connectivity index (χ3n) is 3.61. The van der Waals surface area contributed by atoms with E-state index in [9.17, 15) is 9.59 Å². The third-order valence-corrected chi connectivity index (χ3v) is 3.61. The summed E-state index contributed by atoms with van der Waals surface area (Å²) in [6.07, 6.45) is 7.48. The van der Waals surface area contributed by atoms with Crippen LogP contribution in [-0.2, 0) is 11.2 Å². The Hall–Kier alpha value is -1.90. The number of ether oxygens (including phenoxy) is 1. The number of hydrogen-bond donors (Lipinski definition) is 0. The molecule has 0 bridgehead atoms. The molecule has 0 aliphatic heterocycles. The van der Waals surface area contributed by atoms with Crippen LogP contribution in [0.5, 0.6) is 5.75 Å². The Labute approximate surface area is 113 Å². The number of hydrogen-bond acceptors (Lipinski definition) is 3. The molecular formula is C16H18O3. The van der Waals surface area contributed by atoms with E-state index in [1.165, 1.54) is 6.08 Å². The normalized spacial score (nSPS) is 18.4. The minimum absolute atomic E-state index is 0.0807. The molecule has 0 amide bonds. The van der Waals surface area contributed by atoms with E-state index in [1.807, 2.05) is 24.3 Å². The van der Waals surface area contributed by atoms with Gasteiger partial charge in [0, 0.05) is 11.5 Å². The van der Waals surface area contributed by atoms with Crippen LogP contribution in [-0.4, -0.2) is 19.2 Å². The van der Waals surface area contributed by atoms with Crippen LogP contribution in [0.3, 0.4) is 0 Å². The number of fused-ring (bicyclic) bond motifs is 1. The maximum absolute atomic E-state index is 12.3. The molecule has 1 aliphatic carbocycles. The van der Waals surface area contributed by atoms with Crippen LogP contribution in [0, 0.1) is 5.92 Å². The zero-order valence-electron chi connectivity index (χ0n) is 11.1. The highest BCUT2D eigenvalue weighted by Gasteiger charge is 2.26. The van der Waals surface area contributed by atoms with Gasteiger partial charge in [0.25, 0.3) is 0 Å². The van der Waals surface area contributed by atoms with Crippen LogP contribution in [0.2, 0.25) is 0 Å². The van der Waals surface area contributed by atoms with Gasteiger partial charge in [-0.15, -0.1) is 0 Å². The number of carbonyl (C=O) groups is 2. The number of ketones is 1. The summed E-state index contributed by atoms with van der Waals surface area (Å²) in [6.45, 7) is 0. The van der Waals surface area contributed by atoms with Gasteiger partial charge in [-0.05, 0) is 55.5 Å². The summed E-state index contributed by atoms with van der Waals surface area (Å²) in [5.74, 6) is 1.11. The number of carbonyl (C=O) groups excluding carboxylic acids is 2. The van der Waals surface area contributed by atoms with Gasteiger partial charge in [0.15, 0.2) is 5.78 Å². The summed E-state index contributed by atoms with van der Waals surface area (Å²) in [7, 11) is 1.63. The summed E-state index contributed by atoms with van der Waals surface area (Å²) in [5, 5.41) is 0. The fraction of sp³-hybridized carbons (Fsp3) is 0.375. The maximum Gasteiger partial charge on any atom is 0.166 e. The molecule has 100 valence electrons. The minimum atomic E-state index is 0.0807. The van der Waals surface area contributed by atoms with Gasteiger partial charge in [0.1, 0.15) is 12.0 Å². The molecule has 2 rings (SSSR count). The fourth-order valence-electron chi connectivity index (χ4n) is 2.55. The number of rotatable bonds is 5. The van der Waals surface area contributed by atoms with Gasteiger partial charge in [-0.25, -0.2) is 0 Å². The molecule has 0 aromatic heterocycles. The van der Waals surface area contributed by atoms with Gasteiger partial charge >= 0.3 is 0 Å². The molecule has 1 aromatic carbocycles. The molecule has 0 spiro atoms. The highest BCUT2D eigenvalue weighted by Crippen LogP contribution is 2.30. The summed E-state index contributed by atoms with van der Waals surface area (Å²) >= 11 is 0. The first-order valence-corrected chi connectivity index (χ1v) is 6.57. The van der Waals surface area contributed by atoms with Gasteiger partial charge in [-0.1, -0.05) is 6.08 Å². The Kier molecular flexibility index (Phi) is 4.50. The van der Waals surface area contributed by atoms with E-state index in [4.69, 9.17) is 4.74 Å². The molecule has 1 unspecified atom stereocenters. The lowest BCUT2D eigenvalue weighted by Gasteiger charge is -2.23. The van der Waals surface area contributed by atoms with E-state index in [1.54, 1.807) is 7.11 Å². The van der Waals surface area contributed by atoms with Crippen molar-refractivity contribution in [3.63, 3.8) is 0 Å². The van der Waals surface area contributed by atoms with Crippen molar-refractivity contribution < 1.29 is 14.3 Å². The van der Waals surface area contributed by atoms with E-state index in [-0.39, 0.29) is 11.7 Å². The highest BCUT2D eigenvalue weighted by atomic mass is 16.5. The molecule has 0 radical (unpaired) electrons. The average molecular weight is 258 g/mol. The number of Topliss-reactive ketones (excluding diaryl/α,β-unsaturated/α-hetero) is 1. The van der Waals surface area contributed by atoms with Crippen molar-refractivity contribution in [2.45, 2.75) is 25.7 Å². The Morgan fingerprint density at radius 1 is 1.42 bits per heavy atom. The van der Waals surface area contributed by atoms with Crippen molar-refractivity contribution in [2.75, 3.05) is 7.11 Å². The van der Waals surface area contributed by atoms with Gasteiger partial charge in [0.2, 0.25) is 0 Å². The predicted octanol–water partition coefficient (Wildman–Crippen LogP) is 2.98. The average Bonchev–Trinajstić information content (AvgIpc) is 2.45. The first-order chi connectivity index (χ1) is 9.26. The molecule has 0 N–H and O–H groups in total. The van der Waals surface area contributed by atoms with E-state index >= 15 is 0 Å². The SMILES string of the molecule is COc1ccc2c(c1)CCC(CCC=CC=O)C2=O. The van der Waals surface area contributed by atoms with Crippen molar-refractivity contribution in [2.24, 2.45) is 5.92 Å². The Morgan fingerprint density at radius 3 is 3.00 bits per heavy atom. The fourth-order valence-corrected chi connectivity index (χ4v) is 2.55. The third kappa shape index (κ3) is 3.11. The van der Waals surface area contributed by atoms with Gasteiger partial charge < -0.3 is 4.74 Å². The standard InChI is InChI=1S/C16H18O3/c1-19-14-8-9-15-13(11-14)7-6-12(16(15)18)5-3-2-4-10-17/h2,4,8-12H,3,5-7H2,1H3. The molecule has 1 aromatic rings. The number of methoxy groups -OCH3 is 1. The molecule has 3 nitrogen and oxygen atoms in total. The number of aldehydes is 1. The van der Waals surface area contributed by atoms with Crippen molar-refractivity contribution in [3.05, 3.63) is 41.5 Å². The molecule has 0 saturated heterocycles. The lowest BCUT2D eigenvalue weighted by atomic mass is 9.80. The van der Waals surface area contributed by atoms with E-state index in [0.717, 1.165) is 48.8 Å². The molecule has 0 fully saturated rings. The second kappa shape index (κ2) is 6.32. The van der Waals surface area contributed by atoms with E-state index in [2.05, 4.69) is 0 Å². The molecular weight excluding hydrogens is 240 g/mol. The van der Waals surface area contributed by atoms with Crippen LogP contribution in [0.1, 0.15) is 35.2 Å². The van der Waals surface area contributed by atoms with Crippen LogP contribution >= 0.6 is 0 Å². The lowest BCUT2D eigenvalue weighted by molar-refractivity contribution is -0.104. The molecule has 0 heterocycles. The van der Waals surface area contributed by atoms with Crippen LogP contribution in [0.4, 0.5) is 0 Å². The van der Waals surface area contributed by atoms with Gasteiger partial charge in [-0.2, -0.15) is 0 Å². The number of aryl methyl sites for hydroxylation is 1. The topological polar surface area (TPSA) is 43.4 Å². The first kappa shape index (κ1) is 13.5. The minimum Gasteiger partial charge on any atom is -0.497 e. The van der Waals surface area contributed by atoms with Crippen LogP contribution < -0.4 is 4.74 Å². The van der Waals surface area contributed by atoms with Crippen LogP contribution in [0.15, 0.2) is 30.4 Å². The zero-order chi connectivity index (χ0) is 13.7. The zero-order valence-corrected chi connectivity index (χ0v) is 11.1. The van der Waals surface area contributed by atoms with Crippen molar-refractivity contribution in [1.82, 2.24) is 0 Å². The maximum atomic E-state index is 12.3. The molecule has 1 atom stereocenters. The Bertz CT molecular complexity index is 503. The number of benzene rings is 1. The monoisotopic (exact) mass is 258 g/mol. The van der Waals surface area contributed by atoms with Crippen molar-refractivity contribution in [1.29, 1.82) is 0 Å². The van der Waals surface area contributed by atoms with E-state index < -0.39 is 0 Å². The molecule has 0 saturated carbocycles. The predicted molar refractivity (Wildman–Crippen MR) is 73.6 cm³/mol. The highest BCUT2D eigenvalue weighted by molar-refractivity contribution is 6.00. The van der Waals surface area contributed by atoms with Gasteiger partial charge in [0.05, 0.1) is 7.11 Å². The van der Waals surface area contributed by atoms with Crippen molar-refractivity contribution >= 4 is 12.1 Å². The first-order valence-electron chi connectivity index (χ1n) is 6.57. The summed E-state index contributed by atoms with van der Waals surface area (Å²) < 4.78 is 5.18.